The number of aromatic nitrogens is 5. The van der Waals surface area contributed by atoms with Crippen LogP contribution in [0.4, 0.5) is 5.82 Å². The third kappa shape index (κ3) is 3.35. The Bertz CT molecular complexity index is 717. The molecule has 1 saturated heterocycles. The molecular weight excluding hydrogens is 310 g/mol. The zero-order valence-corrected chi connectivity index (χ0v) is 14.0. The SMILES string of the molecule is CO[C@H]1C[C@@H](CNC(=O)c2cnnn2C)N(c2cc(C)ncn2)C1. The Labute approximate surface area is 140 Å². The van der Waals surface area contributed by atoms with Gasteiger partial charge in [-0.1, -0.05) is 5.21 Å². The van der Waals surface area contributed by atoms with E-state index in [4.69, 9.17) is 4.74 Å². The highest BCUT2D eigenvalue weighted by molar-refractivity contribution is 5.92. The van der Waals surface area contributed by atoms with Gasteiger partial charge in [-0.05, 0) is 13.3 Å². The lowest BCUT2D eigenvalue weighted by Gasteiger charge is -2.25. The van der Waals surface area contributed by atoms with Crippen molar-refractivity contribution in [2.75, 3.05) is 25.1 Å². The summed E-state index contributed by atoms with van der Waals surface area (Å²) in [5.74, 6) is 0.658. The van der Waals surface area contributed by atoms with Crippen LogP contribution in [0.1, 0.15) is 22.6 Å². The van der Waals surface area contributed by atoms with Gasteiger partial charge in [-0.2, -0.15) is 0 Å². The number of carbonyl (C=O) groups excluding carboxylic acids is 1. The summed E-state index contributed by atoms with van der Waals surface area (Å²) >= 11 is 0. The topological polar surface area (TPSA) is 98.1 Å². The van der Waals surface area contributed by atoms with Gasteiger partial charge in [0.05, 0.1) is 18.3 Å². The number of aryl methyl sites for hydroxylation is 2. The lowest BCUT2D eigenvalue weighted by atomic mass is 10.2. The molecule has 0 saturated carbocycles. The summed E-state index contributed by atoms with van der Waals surface area (Å²) in [7, 11) is 3.39. The van der Waals surface area contributed by atoms with Gasteiger partial charge in [0, 0.05) is 39.0 Å². The first-order chi connectivity index (χ1) is 11.6. The Morgan fingerprint density at radius 2 is 2.29 bits per heavy atom. The number of methoxy groups -OCH3 is 1. The number of carbonyl (C=O) groups is 1. The summed E-state index contributed by atoms with van der Waals surface area (Å²) in [6.07, 6.45) is 3.94. The maximum Gasteiger partial charge on any atom is 0.271 e. The van der Waals surface area contributed by atoms with Crippen molar-refractivity contribution in [1.29, 1.82) is 0 Å². The van der Waals surface area contributed by atoms with Gasteiger partial charge >= 0.3 is 0 Å². The summed E-state index contributed by atoms with van der Waals surface area (Å²) < 4.78 is 6.95. The molecule has 0 radical (unpaired) electrons. The Morgan fingerprint density at radius 3 is 2.96 bits per heavy atom. The van der Waals surface area contributed by atoms with Crippen molar-refractivity contribution in [1.82, 2.24) is 30.3 Å². The molecule has 2 aromatic heterocycles. The van der Waals surface area contributed by atoms with Crippen LogP contribution in [0.5, 0.6) is 0 Å². The molecule has 0 aromatic carbocycles. The minimum absolute atomic E-state index is 0.106. The predicted octanol–water partition coefficient (Wildman–Crippen LogP) is -0.0628. The van der Waals surface area contributed by atoms with Gasteiger partial charge in [-0.15, -0.1) is 5.10 Å². The number of hydrogen-bond acceptors (Lipinski definition) is 7. The monoisotopic (exact) mass is 331 g/mol. The highest BCUT2D eigenvalue weighted by Gasteiger charge is 2.33. The van der Waals surface area contributed by atoms with Gasteiger partial charge in [0.1, 0.15) is 17.8 Å². The molecule has 2 atom stereocenters. The molecule has 24 heavy (non-hydrogen) atoms. The molecular formula is C15H21N7O2. The molecule has 0 bridgehead atoms. The van der Waals surface area contributed by atoms with Crippen LogP contribution in [0.2, 0.25) is 0 Å². The normalized spacial score (nSPS) is 20.4. The number of ether oxygens (including phenoxy) is 1. The average Bonchev–Trinajstić information content (AvgIpc) is 3.18. The Kier molecular flexibility index (Phi) is 4.70. The van der Waals surface area contributed by atoms with Gasteiger partial charge in [0.15, 0.2) is 0 Å². The highest BCUT2D eigenvalue weighted by atomic mass is 16.5. The molecule has 128 valence electrons. The largest absolute Gasteiger partial charge is 0.380 e. The first-order valence-electron chi connectivity index (χ1n) is 7.79. The first kappa shape index (κ1) is 16.3. The third-order valence-corrected chi connectivity index (χ3v) is 4.24. The summed E-state index contributed by atoms with van der Waals surface area (Å²) in [6, 6.07) is 2.05. The molecule has 2 aromatic rings. The van der Waals surface area contributed by atoms with Crippen LogP contribution in [0.25, 0.3) is 0 Å². The second kappa shape index (κ2) is 6.91. The van der Waals surface area contributed by atoms with Crippen molar-refractivity contribution < 1.29 is 9.53 Å². The van der Waals surface area contributed by atoms with Crippen LogP contribution in [-0.2, 0) is 11.8 Å². The zero-order valence-electron chi connectivity index (χ0n) is 14.0. The van der Waals surface area contributed by atoms with Crippen LogP contribution in [0, 0.1) is 6.92 Å². The average molecular weight is 331 g/mol. The van der Waals surface area contributed by atoms with E-state index in [1.165, 1.54) is 10.9 Å². The minimum Gasteiger partial charge on any atom is -0.380 e. The Balaban J connectivity index is 1.70. The second-order valence-electron chi connectivity index (χ2n) is 5.87. The molecule has 3 heterocycles. The van der Waals surface area contributed by atoms with Gasteiger partial charge in [-0.3, -0.25) is 4.79 Å². The number of hydrogen-bond donors (Lipinski definition) is 1. The summed E-state index contributed by atoms with van der Waals surface area (Å²) in [5.41, 5.74) is 1.34. The van der Waals surface area contributed by atoms with E-state index in [9.17, 15) is 4.79 Å². The van der Waals surface area contributed by atoms with Crippen molar-refractivity contribution in [2.45, 2.75) is 25.5 Å². The summed E-state index contributed by atoms with van der Waals surface area (Å²) in [5, 5.41) is 10.4. The molecule has 1 aliphatic heterocycles. The van der Waals surface area contributed by atoms with E-state index in [1.807, 2.05) is 13.0 Å². The second-order valence-corrected chi connectivity index (χ2v) is 5.87. The zero-order chi connectivity index (χ0) is 17.1. The molecule has 1 amide bonds. The van der Waals surface area contributed by atoms with E-state index in [-0.39, 0.29) is 18.1 Å². The lowest BCUT2D eigenvalue weighted by molar-refractivity contribution is 0.0937. The standard InChI is InChI=1S/C15H21N7O2/c1-10-4-14(18-9-17-10)22-8-12(24-3)5-11(22)6-16-15(23)13-7-19-20-21(13)2/h4,7,9,11-12H,5-6,8H2,1-3H3,(H,16,23)/t11-,12-/m0/s1. The molecule has 9 nitrogen and oxygen atoms in total. The maximum atomic E-state index is 12.2. The van der Waals surface area contributed by atoms with Crippen LogP contribution < -0.4 is 10.2 Å². The number of nitrogens with one attached hydrogen (secondary N) is 1. The molecule has 1 N–H and O–H groups in total. The van der Waals surface area contributed by atoms with Crippen LogP contribution in [-0.4, -0.2) is 63.2 Å². The fraction of sp³-hybridized carbons (Fsp3) is 0.533. The van der Waals surface area contributed by atoms with Gasteiger partial charge in [0.25, 0.3) is 5.91 Å². The molecule has 0 aliphatic carbocycles. The van der Waals surface area contributed by atoms with E-state index in [0.29, 0.717) is 12.2 Å². The van der Waals surface area contributed by atoms with Crippen molar-refractivity contribution in [3.05, 3.63) is 30.0 Å². The maximum absolute atomic E-state index is 12.2. The number of amides is 1. The lowest BCUT2D eigenvalue weighted by Crippen LogP contribution is -2.41. The van der Waals surface area contributed by atoms with Crippen molar-refractivity contribution >= 4 is 11.7 Å². The predicted molar refractivity (Wildman–Crippen MR) is 86.7 cm³/mol. The van der Waals surface area contributed by atoms with Crippen molar-refractivity contribution in [3.8, 4) is 0 Å². The summed E-state index contributed by atoms with van der Waals surface area (Å²) in [4.78, 5) is 22.9. The molecule has 0 spiro atoms. The summed E-state index contributed by atoms with van der Waals surface area (Å²) in [6.45, 7) is 3.16. The molecule has 3 rings (SSSR count). The number of rotatable bonds is 5. The Morgan fingerprint density at radius 1 is 1.46 bits per heavy atom. The quantitative estimate of drug-likeness (QED) is 0.819. The number of anilines is 1. The van der Waals surface area contributed by atoms with E-state index >= 15 is 0 Å². The molecule has 9 heteroatoms. The fourth-order valence-corrected chi connectivity index (χ4v) is 2.91. The van der Waals surface area contributed by atoms with E-state index in [0.717, 1.165) is 24.5 Å². The smallest absolute Gasteiger partial charge is 0.271 e. The van der Waals surface area contributed by atoms with Crippen LogP contribution in [0.15, 0.2) is 18.6 Å². The van der Waals surface area contributed by atoms with Gasteiger partial charge in [-0.25, -0.2) is 14.6 Å². The molecule has 1 fully saturated rings. The van der Waals surface area contributed by atoms with E-state index < -0.39 is 0 Å². The molecule has 1 aliphatic rings. The Hall–Kier alpha value is -2.55. The number of nitrogens with zero attached hydrogens (tertiary/aromatic N) is 6. The van der Waals surface area contributed by atoms with E-state index in [2.05, 4.69) is 30.5 Å². The fourth-order valence-electron chi connectivity index (χ4n) is 2.91. The molecule has 0 unspecified atom stereocenters. The third-order valence-electron chi connectivity index (χ3n) is 4.24. The van der Waals surface area contributed by atoms with Crippen molar-refractivity contribution in [2.24, 2.45) is 7.05 Å². The van der Waals surface area contributed by atoms with Crippen LogP contribution >= 0.6 is 0 Å². The van der Waals surface area contributed by atoms with E-state index in [1.54, 1.807) is 20.5 Å². The van der Waals surface area contributed by atoms with Crippen molar-refractivity contribution in [3.63, 3.8) is 0 Å². The van der Waals surface area contributed by atoms with Gasteiger partial charge in [0.2, 0.25) is 0 Å². The first-order valence-corrected chi connectivity index (χ1v) is 7.79. The van der Waals surface area contributed by atoms with Crippen LogP contribution in [0.3, 0.4) is 0 Å². The van der Waals surface area contributed by atoms with Gasteiger partial charge < -0.3 is 15.0 Å². The highest BCUT2D eigenvalue weighted by Crippen LogP contribution is 2.25. The minimum atomic E-state index is -0.192.